The number of hydrogen-bond donors (Lipinski definition) is 3. The van der Waals surface area contributed by atoms with Crippen LogP contribution < -0.4 is 16.4 Å². The maximum atomic E-state index is 11.5. The van der Waals surface area contributed by atoms with E-state index in [9.17, 15) is 14.4 Å². The molecule has 9 heteroatoms. The molecule has 0 saturated carbocycles. The van der Waals surface area contributed by atoms with E-state index in [1.807, 2.05) is 0 Å². The van der Waals surface area contributed by atoms with E-state index in [-0.39, 0.29) is 18.5 Å². The first kappa shape index (κ1) is 24.4. The van der Waals surface area contributed by atoms with Crippen molar-refractivity contribution >= 4 is 23.7 Å². The number of rotatable bonds is 16. The monoisotopic (exact) mass is 408 g/mol. The largest absolute Gasteiger partial charge is 0.432 e. The minimum Gasteiger partial charge on any atom is -0.432 e. The number of amides is 3. The van der Waals surface area contributed by atoms with Crippen LogP contribution in [-0.4, -0.2) is 42.5 Å². The zero-order valence-corrected chi connectivity index (χ0v) is 16.9. The van der Waals surface area contributed by atoms with Crippen LogP contribution >= 0.6 is 0 Å². The summed E-state index contributed by atoms with van der Waals surface area (Å²) in [4.78, 5) is 36.8. The van der Waals surface area contributed by atoms with Gasteiger partial charge in [0.1, 0.15) is 12.9 Å². The van der Waals surface area contributed by atoms with Gasteiger partial charge in [-0.15, -0.1) is 0 Å². The molecule has 29 heavy (non-hydrogen) atoms. The van der Waals surface area contributed by atoms with E-state index < -0.39 is 11.8 Å². The van der Waals surface area contributed by atoms with E-state index >= 15 is 0 Å². The van der Waals surface area contributed by atoms with Crippen LogP contribution in [0.4, 0.5) is 6.01 Å². The van der Waals surface area contributed by atoms with Crippen LogP contribution in [0.3, 0.4) is 0 Å². The number of carbonyl (C=O) groups excluding carboxylic acids is 3. The van der Waals surface area contributed by atoms with Crippen molar-refractivity contribution in [2.24, 2.45) is 5.73 Å². The molecule has 1 aromatic heterocycles. The Morgan fingerprint density at radius 1 is 1.03 bits per heavy atom. The Morgan fingerprint density at radius 3 is 2.41 bits per heavy atom. The highest BCUT2D eigenvalue weighted by atomic mass is 16.5. The summed E-state index contributed by atoms with van der Waals surface area (Å²) in [6.45, 7) is 1.05. The summed E-state index contributed by atoms with van der Waals surface area (Å²) in [6, 6.07) is 0.182. The van der Waals surface area contributed by atoms with E-state index in [1.165, 1.54) is 18.9 Å². The van der Waals surface area contributed by atoms with Crippen molar-refractivity contribution in [2.45, 2.75) is 57.8 Å². The molecule has 0 fully saturated rings. The number of nitrogens with one attached hydrogen (secondary N) is 2. The number of anilines is 1. The lowest BCUT2D eigenvalue weighted by Gasteiger charge is -2.04. The minimum absolute atomic E-state index is 0.00465. The molecular weight excluding hydrogens is 376 g/mol. The standard InChI is InChI=1S/C20H32N4O5/c21-18(26)19(27)22-12-10-8-6-4-2-1-3-5-7-9-11-14-28-16-17(25)24-20-23-13-15-29-20/h2,4,13,15H,1,3,5-12,14,16H2,(H2,21,26)(H,22,27)(H,23,24,25)/b4-2-. The fourth-order valence-corrected chi connectivity index (χ4v) is 2.51. The van der Waals surface area contributed by atoms with Crippen molar-refractivity contribution in [2.75, 3.05) is 25.1 Å². The topological polar surface area (TPSA) is 137 Å². The number of primary amides is 1. The SMILES string of the molecule is NC(=O)C(=O)NCCCC/C=C\CCCCCCCOCC(=O)Nc1ncco1. The second kappa shape index (κ2) is 16.3. The number of carbonyl (C=O) groups is 3. The summed E-state index contributed by atoms with van der Waals surface area (Å²) in [5.74, 6) is -1.93. The Bertz CT molecular complexity index is 616. The highest BCUT2D eigenvalue weighted by molar-refractivity contribution is 6.34. The van der Waals surface area contributed by atoms with Crippen molar-refractivity contribution in [3.05, 3.63) is 24.6 Å². The molecule has 3 amide bonds. The Hall–Kier alpha value is -2.68. The highest BCUT2D eigenvalue weighted by Gasteiger charge is 2.06. The Kier molecular flexibility index (Phi) is 13.7. The van der Waals surface area contributed by atoms with Gasteiger partial charge < -0.3 is 20.2 Å². The molecule has 4 N–H and O–H groups in total. The third-order valence-electron chi connectivity index (χ3n) is 4.04. The molecule has 0 bridgehead atoms. The number of aromatic nitrogens is 1. The van der Waals surface area contributed by atoms with Crippen molar-refractivity contribution in [3.63, 3.8) is 0 Å². The average Bonchev–Trinajstić information content (AvgIpc) is 3.20. The van der Waals surface area contributed by atoms with Crippen LogP contribution in [0.25, 0.3) is 0 Å². The fourth-order valence-electron chi connectivity index (χ4n) is 2.51. The lowest BCUT2D eigenvalue weighted by Crippen LogP contribution is -2.36. The number of ether oxygens (including phenoxy) is 1. The minimum atomic E-state index is -0.941. The average molecular weight is 408 g/mol. The van der Waals surface area contributed by atoms with E-state index in [1.54, 1.807) is 0 Å². The van der Waals surface area contributed by atoms with Gasteiger partial charge in [0.2, 0.25) is 0 Å². The smallest absolute Gasteiger partial charge is 0.309 e. The van der Waals surface area contributed by atoms with Crippen LogP contribution in [0.5, 0.6) is 0 Å². The van der Waals surface area contributed by atoms with Gasteiger partial charge in [0.25, 0.3) is 5.91 Å². The maximum Gasteiger partial charge on any atom is 0.309 e. The zero-order chi connectivity index (χ0) is 21.2. The molecule has 1 rings (SSSR count). The summed E-state index contributed by atoms with van der Waals surface area (Å²) in [5, 5.41) is 4.97. The molecule has 1 heterocycles. The van der Waals surface area contributed by atoms with Gasteiger partial charge in [0.05, 0.1) is 6.20 Å². The van der Waals surface area contributed by atoms with Gasteiger partial charge in [-0.05, 0) is 38.5 Å². The normalized spacial score (nSPS) is 10.9. The summed E-state index contributed by atoms with van der Waals surface area (Å²) < 4.78 is 10.2. The van der Waals surface area contributed by atoms with Crippen LogP contribution in [0, 0.1) is 0 Å². The van der Waals surface area contributed by atoms with Gasteiger partial charge in [0, 0.05) is 13.2 Å². The van der Waals surface area contributed by atoms with Gasteiger partial charge in [-0.2, -0.15) is 0 Å². The third-order valence-corrected chi connectivity index (χ3v) is 4.04. The zero-order valence-electron chi connectivity index (χ0n) is 16.9. The highest BCUT2D eigenvalue weighted by Crippen LogP contribution is 2.07. The number of nitrogens with two attached hydrogens (primary N) is 1. The molecular formula is C20H32N4O5. The lowest BCUT2D eigenvalue weighted by molar-refractivity contribution is -0.137. The first-order chi connectivity index (χ1) is 14.1. The molecule has 0 unspecified atom stereocenters. The van der Waals surface area contributed by atoms with E-state index in [0.717, 1.165) is 51.4 Å². The molecule has 0 aliphatic rings. The Balaban J connectivity index is 1.79. The summed E-state index contributed by atoms with van der Waals surface area (Å²) in [7, 11) is 0. The Labute approximate surface area is 171 Å². The molecule has 0 saturated heterocycles. The van der Waals surface area contributed by atoms with Crippen molar-refractivity contribution in [3.8, 4) is 0 Å². The van der Waals surface area contributed by atoms with Crippen LogP contribution in [0.1, 0.15) is 57.8 Å². The number of hydrogen-bond acceptors (Lipinski definition) is 6. The number of oxazole rings is 1. The number of allylic oxidation sites excluding steroid dienone is 2. The molecule has 0 aliphatic carbocycles. The quantitative estimate of drug-likeness (QED) is 0.218. The molecule has 0 spiro atoms. The number of unbranched alkanes of at least 4 members (excludes halogenated alkanes) is 7. The lowest BCUT2D eigenvalue weighted by atomic mass is 10.1. The summed E-state index contributed by atoms with van der Waals surface area (Å²) in [6.07, 6.45) is 16.5. The first-order valence-corrected chi connectivity index (χ1v) is 10.1. The van der Waals surface area contributed by atoms with Crippen molar-refractivity contribution in [1.82, 2.24) is 10.3 Å². The predicted molar refractivity (Wildman–Crippen MR) is 109 cm³/mol. The predicted octanol–water partition coefficient (Wildman–Crippen LogP) is 2.30. The van der Waals surface area contributed by atoms with E-state index in [0.29, 0.717) is 13.2 Å². The molecule has 0 aliphatic heterocycles. The molecule has 9 nitrogen and oxygen atoms in total. The van der Waals surface area contributed by atoms with Crippen LogP contribution in [-0.2, 0) is 19.1 Å². The molecule has 0 radical (unpaired) electrons. The molecule has 162 valence electrons. The van der Waals surface area contributed by atoms with Crippen LogP contribution in [0.15, 0.2) is 29.0 Å². The van der Waals surface area contributed by atoms with Gasteiger partial charge >= 0.3 is 17.8 Å². The number of nitrogens with zero attached hydrogens (tertiary/aromatic N) is 1. The fraction of sp³-hybridized carbons (Fsp3) is 0.600. The molecule has 0 aromatic carbocycles. The molecule has 0 atom stereocenters. The van der Waals surface area contributed by atoms with Crippen molar-refractivity contribution in [1.29, 1.82) is 0 Å². The Morgan fingerprint density at radius 2 is 1.72 bits per heavy atom. The van der Waals surface area contributed by atoms with Gasteiger partial charge in [0.15, 0.2) is 0 Å². The maximum absolute atomic E-state index is 11.5. The summed E-state index contributed by atoms with van der Waals surface area (Å²) >= 11 is 0. The van der Waals surface area contributed by atoms with Gasteiger partial charge in [-0.25, -0.2) is 4.98 Å². The van der Waals surface area contributed by atoms with Gasteiger partial charge in [-0.3, -0.25) is 19.7 Å². The van der Waals surface area contributed by atoms with Gasteiger partial charge in [-0.1, -0.05) is 31.4 Å². The van der Waals surface area contributed by atoms with E-state index in [2.05, 4.69) is 27.8 Å². The first-order valence-electron chi connectivity index (χ1n) is 10.1. The summed E-state index contributed by atoms with van der Waals surface area (Å²) in [5.41, 5.74) is 4.84. The second-order valence-electron chi connectivity index (χ2n) is 6.58. The van der Waals surface area contributed by atoms with E-state index in [4.69, 9.17) is 14.9 Å². The second-order valence-corrected chi connectivity index (χ2v) is 6.58. The third kappa shape index (κ3) is 14.0. The van der Waals surface area contributed by atoms with Crippen LogP contribution in [0.2, 0.25) is 0 Å². The molecule has 1 aromatic rings. The van der Waals surface area contributed by atoms with Crippen molar-refractivity contribution < 1.29 is 23.5 Å².